The molecular formula is C64H100N4O8. The summed E-state index contributed by atoms with van der Waals surface area (Å²) in [7, 11) is 0. The van der Waals surface area contributed by atoms with Gasteiger partial charge in [-0.2, -0.15) is 0 Å². The van der Waals surface area contributed by atoms with E-state index in [1.165, 1.54) is 0 Å². The van der Waals surface area contributed by atoms with Gasteiger partial charge in [-0.25, -0.2) is 0 Å². The van der Waals surface area contributed by atoms with E-state index in [-0.39, 0.29) is 95.8 Å². The molecule has 0 unspecified atom stereocenters. The molecule has 0 atom stereocenters. The summed E-state index contributed by atoms with van der Waals surface area (Å²) in [5.41, 5.74) is 5.25. The minimum Gasteiger partial charge on any atom is -0.507 e. The maximum atomic E-state index is 12.9. The number of aromatic hydroxyl groups is 8. The van der Waals surface area contributed by atoms with Gasteiger partial charge in [-0.15, -0.1) is 0 Å². The fraction of sp³-hybridized carbons (Fsp3) is 0.625. The van der Waals surface area contributed by atoms with Crippen LogP contribution in [-0.2, 0) is 26.2 Å². The number of hydrogen-bond donors (Lipinski definition) is 12. The maximum Gasteiger partial charge on any atom is 0.127 e. The molecule has 0 saturated carbocycles. The fourth-order valence-corrected chi connectivity index (χ4v) is 11.5. The standard InChI is InChI=1S/C64H100N4O8/c1-13-17-21-65-33-53-57(69)45-29-46(58(53)70)42(26-38(7)8)48-31-50(62(74)55(60(48)72)35-67-23-19-15-3)44(28-40(11)12)52-32-51(63(75)56(64(52)76)36-68-24-20-16-4)43(27-39(9)10)49-30-47(41(45)25-37(5)6)59(71)54(61(49)73)34-66-22-18-14-2/h29-32,37-44,65-76H,13-28,33-36H2,1-12H3. The zero-order chi connectivity index (χ0) is 56.0. The van der Waals surface area contributed by atoms with E-state index in [4.69, 9.17) is 0 Å². The highest BCUT2D eigenvalue weighted by Crippen LogP contribution is 2.56. The molecule has 4 aromatic rings. The van der Waals surface area contributed by atoms with E-state index in [0.717, 1.165) is 51.4 Å². The Kier molecular flexibility index (Phi) is 23.8. The van der Waals surface area contributed by atoms with Crippen LogP contribution in [0.2, 0.25) is 0 Å². The molecular weight excluding hydrogens is 953 g/mol. The number of rotatable bonds is 28. The molecule has 8 bridgehead atoms. The highest BCUT2D eigenvalue weighted by molar-refractivity contribution is 5.68. The second-order valence-electron chi connectivity index (χ2n) is 23.8. The van der Waals surface area contributed by atoms with E-state index in [1.54, 1.807) is 0 Å². The van der Waals surface area contributed by atoms with Gasteiger partial charge in [0.05, 0.1) is 22.3 Å². The van der Waals surface area contributed by atoms with Gasteiger partial charge in [0.1, 0.15) is 46.0 Å². The first-order valence-corrected chi connectivity index (χ1v) is 29.4. The Balaban J connectivity index is 2.14. The molecule has 0 aliphatic heterocycles. The molecule has 0 heterocycles. The maximum absolute atomic E-state index is 12.9. The Bertz CT molecular complexity index is 2050. The summed E-state index contributed by atoms with van der Waals surface area (Å²) in [5, 5.41) is 117. The van der Waals surface area contributed by atoms with Gasteiger partial charge in [-0.05, 0) is 125 Å². The molecule has 0 spiro atoms. The number of phenols is 8. The molecule has 424 valence electrons. The smallest absolute Gasteiger partial charge is 0.127 e. The molecule has 0 aromatic heterocycles. The highest BCUT2D eigenvalue weighted by Gasteiger charge is 2.38. The molecule has 0 amide bonds. The van der Waals surface area contributed by atoms with Crippen LogP contribution in [0, 0.1) is 23.7 Å². The van der Waals surface area contributed by atoms with Crippen molar-refractivity contribution in [2.75, 3.05) is 26.2 Å². The lowest BCUT2D eigenvalue weighted by Gasteiger charge is -2.33. The predicted molar refractivity (Wildman–Crippen MR) is 311 cm³/mol. The van der Waals surface area contributed by atoms with Gasteiger partial charge < -0.3 is 62.1 Å². The molecule has 76 heavy (non-hydrogen) atoms. The van der Waals surface area contributed by atoms with Crippen LogP contribution in [0.15, 0.2) is 24.3 Å². The SMILES string of the molecule is CCCCNCc1c(O)c2cc(c1O)C(CC(C)C)c1cc(c(O)c(CNCCCC)c1O)C(CC(C)C)c1cc(c(O)c(CNCCCC)c1O)C(CC(C)C)c1cc(c(O)c(CNCCCC)c1O)C2CC(C)C. The summed E-state index contributed by atoms with van der Waals surface area (Å²) >= 11 is 0. The summed E-state index contributed by atoms with van der Waals surface area (Å²) < 4.78 is 0. The van der Waals surface area contributed by atoms with E-state index in [2.05, 4.69) is 104 Å². The summed E-state index contributed by atoms with van der Waals surface area (Å²) in [4.78, 5) is 0. The Morgan fingerprint density at radius 1 is 0.303 bits per heavy atom. The van der Waals surface area contributed by atoms with E-state index in [0.29, 0.717) is 119 Å². The Morgan fingerprint density at radius 3 is 0.592 bits per heavy atom. The van der Waals surface area contributed by atoms with Crippen LogP contribution in [0.3, 0.4) is 0 Å². The van der Waals surface area contributed by atoms with Gasteiger partial charge in [-0.1, -0.05) is 109 Å². The molecule has 4 aromatic carbocycles. The van der Waals surface area contributed by atoms with Crippen LogP contribution in [0.4, 0.5) is 0 Å². The number of fused-ring (bicyclic) bond motifs is 8. The van der Waals surface area contributed by atoms with Crippen LogP contribution in [-0.4, -0.2) is 67.0 Å². The number of nitrogens with one attached hydrogen (secondary N) is 4. The third-order valence-corrected chi connectivity index (χ3v) is 15.6. The van der Waals surface area contributed by atoms with Crippen LogP contribution < -0.4 is 21.3 Å². The molecule has 0 radical (unpaired) electrons. The number of unbranched alkanes of at least 4 members (excludes halogenated alkanes) is 4. The lowest BCUT2D eigenvalue weighted by Crippen LogP contribution is -2.20. The third-order valence-electron chi connectivity index (χ3n) is 15.6. The summed E-state index contributed by atoms with van der Waals surface area (Å²) in [5.74, 6) is -3.28. The van der Waals surface area contributed by atoms with E-state index in [1.807, 2.05) is 24.3 Å². The Labute approximate surface area is 457 Å². The van der Waals surface area contributed by atoms with Crippen molar-refractivity contribution in [1.82, 2.24) is 21.3 Å². The van der Waals surface area contributed by atoms with Crippen molar-refractivity contribution in [1.29, 1.82) is 0 Å². The quantitative estimate of drug-likeness (QED) is 0.0240. The monoisotopic (exact) mass is 1050 g/mol. The Morgan fingerprint density at radius 2 is 0.461 bits per heavy atom. The van der Waals surface area contributed by atoms with Gasteiger partial charge >= 0.3 is 0 Å². The lowest BCUT2D eigenvalue weighted by atomic mass is 9.73. The van der Waals surface area contributed by atoms with Crippen molar-refractivity contribution in [3.8, 4) is 46.0 Å². The summed E-state index contributed by atoms with van der Waals surface area (Å²) in [6.07, 6.45) is 9.20. The van der Waals surface area contributed by atoms with Gasteiger partial charge in [0.15, 0.2) is 0 Å². The normalized spacial score (nSPS) is 16.7. The van der Waals surface area contributed by atoms with Crippen molar-refractivity contribution in [2.24, 2.45) is 23.7 Å². The van der Waals surface area contributed by atoms with Gasteiger partial charge in [0.2, 0.25) is 0 Å². The molecule has 12 N–H and O–H groups in total. The zero-order valence-corrected chi connectivity index (χ0v) is 48.6. The molecule has 0 saturated heterocycles. The van der Waals surface area contributed by atoms with E-state index in [9.17, 15) is 40.9 Å². The first-order valence-electron chi connectivity index (χ1n) is 29.4. The second kappa shape index (κ2) is 29.2. The van der Waals surface area contributed by atoms with Gasteiger partial charge in [0.25, 0.3) is 0 Å². The molecule has 1 aliphatic rings. The van der Waals surface area contributed by atoms with Crippen molar-refractivity contribution in [3.63, 3.8) is 0 Å². The van der Waals surface area contributed by atoms with Crippen molar-refractivity contribution >= 4 is 0 Å². The largest absolute Gasteiger partial charge is 0.507 e. The molecule has 1 aliphatic carbocycles. The molecule has 5 rings (SSSR count). The van der Waals surface area contributed by atoms with E-state index < -0.39 is 23.7 Å². The van der Waals surface area contributed by atoms with Crippen LogP contribution in [0.25, 0.3) is 0 Å². The summed E-state index contributed by atoms with van der Waals surface area (Å²) in [6, 6.07) is 7.49. The molecule has 12 heteroatoms. The van der Waals surface area contributed by atoms with Gasteiger partial charge in [-0.3, -0.25) is 0 Å². The Hall–Kier alpha value is -4.88. The van der Waals surface area contributed by atoms with Crippen LogP contribution in [0.1, 0.15) is 251 Å². The fourth-order valence-electron chi connectivity index (χ4n) is 11.5. The lowest BCUT2D eigenvalue weighted by molar-refractivity contribution is 0.397. The van der Waals surface area contributed by atoms with Crippen molar-refractivity contribution in [3.05, 3.63) is 91.0 Å². The summed E-state index contributed by atoms with van der Waals surface area (Å²) in [6.45, 7) is 28.5. The first kappa shape index (κ1) is 62.0. The van der Waals surface area contributed by atoms with E-state index >= 15 is 0 Å². The zero-order valence-electron chi connectivity index (χ0n) is 48.6. The highest BCUT2D eigenvalue weighted by atomic mass is 16.3. The molecule has 0 fully saturated rings. The van der Waals surface area contributed by atoms with Gasteiger partial charge in [0, 0.05) is 94.4 Å². The van der Waals surface area contributed by atoms with Crippen LogP contribution >= 0.6 is 0 Å². The third kappa shape index (κ3) is 14.8. The number of hydrogen-bond acceptors (Lipinski definition) is 12. The van der Waals surface area contributed by atoms with Crippen molar-refractivity contribution in [2.45, 2.75) is 210 Å². The average Bonchev–Trinajstić information content (AvgIpc) is 3.35. The minimum absolute atomic E-state index is 0.0370. The average molecular weight is 1050 g/mol. The second-order valence-corrected chi connectivity index (χ2v) is 23.8. The predicted octanol–water partition coefficient (Wildman–Crippen LogP) is 13.9. The number of benzene rings is 4. The van der Waals surface area contributed by atoms with Crippen molar-refractivity contribution < 1.29 is 40.9 Å². The topological polar surface area (TPSA) is 210 Å². The first-order chi connectivity index (χ1) is 36.2. The minimum atomic E-state index is -0.671. The number of phenolic OH excluding ortho intramolecular Hbond substituents is 8. The molecule has 12 nitrogen and oxygen atoms in total. The van der Waals surface area contributed by atoms with Crippen LogP contribution in [0.5, 0.6) is 46.0 Å².